The first-order valence-corrected chi connectivity index (χ1v) is 16.6. The Balaban J connectivity index is 1.42. The van der Waals surface area contributed by atoms with Gasteiger partial charge in [0.1, 0.15) is 0 Å². The molecule has 0 aliphatic carbocycles. The summed E-state index contributed by atoms with van der Waals surface area (Å²) < 4.78 is 0. The highest BCUT2D eigenvalue weighted by molar-refractivity contribution is 6.26. The van der Waals surface area contributed by atoms with Crippen molar-refractivity contribution in [3.8, 4) is 40.0 Å². The third kappa shape index (κ3) is 5.06. The fraction of sp³-hybridized carbons (Fsp3) is 0. The highest BCUT2D eigenvalue weighted by atomic mass is 14.9. The molecule has 4 heteroatoms. The summed E-state index contributed by atoms with van der Waals surface area (Å²) in [5.74, 6) is 0.613. The maximum Gasteiger partial charge on any atom is 0.160 e. The van der Waals surface area contributed by atoms with Crippen molar-refractivity contribution in [1.29, 1.82) is 5.26 Å². The second kappa shape index (κ2) is 12.2. The van der Waals surface area contributed by atoms with Crippen LogP contribution in [0.5, 0.6) is 0 Å². The topological polar surface area (TPSA) is 62.5 Å². The fourth-order valence-corrected chi connectivity index (χ4v) is 7.05. The van der Waals surface area contributed by atoms with Crippen molar-refractivity contribution in [2.75, 3.05) is 0 Å². The molecule has 232 valence electrons. The van der Waals surface area contributed by atoms with Gasteiger partial charge < -0.3 is 0 Å². The summed E-state index contributed by atoms with van der Waals surface area (Å²) >= 11 is 0. The Labute approximate surface area is 288 Å². The van der Waals surface area contributed by atoms with E-state index >= 15 is 0 Å². The van der Waals surface area contributed by atoms with Gasteiger partial charge in [-0.2, -0.15) is 5.26 Å². The quantitative estimate of drug-likeness (QED) is 0.194. The molecule has 0 aliphatic heterocycles. The number of rotatable bonds is 3. The van der Waals surface area contributed by atoms with E-state index in [9.17, 15) is 5.26 Å². The second-order valence-electron chi connectivity index (χ2n) is 12.3. The third-order valence-corrected chi connectivity index (χ3v) is 9.43. The zero-order valence-corrected chi connectivity index (χ0v) is 27.0. The molecule has 2 heterocycles. The lowest BCUT2D eigenvalue weighted by Gasteiger charge is -2.12. The van der Waals surface area contributed by atoms with Gasteiger partial charge >= 0.3 is 0 Å². The van der Waals surface area contributed by atoms with Crippen LogP contribution in [0.3, 0.4) is 0 Å². The summed E-state index contributed by atoms with van der Waals surface area (Å²) in [6.45, 7) is 0. The standard InChI is InChI=1S/C46H28N4/c47-28-30-19-21-31(22-20-30)44-27-45(33-10-9-25-48-29-33)50-46(49-44)32-23-24-42-40-17-6-5-15-38(40)36-13-2-1-11-34(36)35-12-3-4-14-37(35)39-16-7-8-18-41(39)43(42)26-32/h1-27,29H. The van der Waals surface area contributed by atoms with Gasteiger partial charge in [-0.3, -0.25) is 4.98 Å². The van der Waals surface area contributed by atoms with Crippen molar-refractivity contribution in [2.45, 2.75) is 0 Å². The third-order valence-electron chi connectivity index (χ3n) is 9.43. The summed E-state index contributed by atoms with van der Waals surface area (Å²) in [5.41, 5.74) is 4.87. The van der Waals surface area contributed by atoms with Gasteiger partial charge in [0.15, 0.2) is 5.82 Å². The molecule has 0 saturated carbocycles. The number of nitriles is 1. The highest BCUT2D eigenvalue weighted by Crippen LogP contribution is 2.37. The van der Waals surface area contributed by atoms with Gasteiger partial charge in [-0.1, -0.05) is 121 Å². The summed E-state index contributed by atoms with van der Waals surface area (Å²) in [4.78, 5) is 14.6. The maximum atomic E-state index is 9.40. The van der Waals surface area contributed by atoms with Crippen LogP contribution in [0.25, 0.3) is 87.8 Å². The van der Waals surface area contributed by atoms with E-state index in [2.05, 4.69) is 126 Å². The van der Waals surface area contributed by atoms with E-state index in [1.165, 1.54) is 37.7 Å². The van der Waals surface area contributed by atoms with Crippen LogP contribution in [0.4, 0.5) is 0 Å². The molecular formula is C46H28N4. The van der Waals surface area contributed by atoms with Gasteiger partial charge in [-0.15, -0.1) is 0 Å². The maximum absolute atomic E-state index is 9.40. The Morgan fingerprint density at radius 1 is 0.380 bits per heavy atom. The van der Waals surface area contributed by atoms with Crippen LogP contribution >= 0.6 is 0 Å². The van der Waals surface area contributed by atoms with Crippen LogP contribution in [0, 0.1) is 11.3 Å². The number of hydrogen-bond acceptors (Lipinski definition) is 4. The van der Waals surface area contributed by atoms with Crippen LogP contribution in [0.1, 0.15) is 5.56 Å². The normalized spacial score (nSPS) is 11.2. The molecule has 50 heavy (non-hydrogen) atoms. The van der Waals surface area contributed by atoms with Gasteiger partial charge in [0.25, 0.3) is 0 Å². The molecule has 0 spiro atoms. The van der Waals surface area contributed by atoms with Gasteiger partial charge in [0.05, 0.1) is 23.0 Å². The van der Waals surface area contributed by atoms with Gasteiger partial charge in [0.2, 0.25) is 0 Å². The highest BCUT2D eigenvalue weighted by Gasteiger charge is 2.14. The second-order valence-corrected chi connectivity index (χ2v) is 12.3. The lowest BCUT2D eigenvalue weighted by molar-refractivity contribution is 1.18. The number of fused-ring (bicyclic) bond motifs is 10. The SMILES string of the molecule is N#Cc1ccc(-c2cc(-c3cccnc3)nc(-c3ccc4c5ccccc5c5ccccc5c5ccccc5c5ccccc5c4c3)n2)cc1. The van der Waals surface area contributed by atoms with Crippen LogP contribution in [-0.4, -0.2) is 15.0 Å². The van der Waals surface area contributed by atoms with Gasteiger partial charge in [0, 0.05) is 29.1 Å². The summed E-state index contributed by atoms with van der Waals surface area (Å²) in [5, 5.41) is 21.1. The van der Waals surface area contributed by atoms with E-state index in [4.69, 9.17) is 9.97 Å². The molecule has 0 N–H and O–H groups in total. The minimum absolute atomic E-state index is 0.604. The Hall–Kier alpha value is -6.96. The van der Waals surface area contributed by atoms with Crippen LogP contribution in [-0.2, 0) is 0 Å². The monoisotopic (exact) mass is 636 g/mol. The number of benzene rings is 6. The first-order chi connectivity index (χ1) is 24.7. The smallest absolute Gasteiger partial charge is 0.160 e. The summed E-state index contributed by atoms with van der Waals surface area (Å²) in [6, 6.07) is 57.0. The minimum Gasteiger partial charge on any atom is -0.264 e. The van der Waals surface area contributed by atoms with E-state index in [1.54, 1.807) is 6.20 Å². The van der Waals surface area contributed by atoms with Crippen molar-refractivity contribution < 1.29 is 0 Å². The molecule has 9 aromatic rings. The number of hydrogen-bond donors (Lipinski definition) is 0. The zero-order valence-electron chi connectivity index (χ0n) is 27.0. The molecule has 0 fully saturated rings. The minimum atomic E-state index is 0.604. The van der Waals surface area contributed by atoms with Crippen LogP contribution in [0.2, 0.25) is 0 Å². The molecular weight excluding hydrogens is 609 g/mol. The average Bonchev–Trinajstić information content (AvgIpc) is 3.20. The molecule has 0 unspecified atom stereocenters. The Morgan fingerprint density at radius 3 is 1.28 bits per heavy atom. The van der Waals surface area contributed by atoms with E-state index in [0.29, 0.717) is 11.4 Å². The summed E-state index contributed by atoms with van der Waals surface area (Å²) in [7, 11) is 0. The van der Waals surface area contributed by atoms with E-state index < -0.39 is 0 Å². The number of pyridine rings is 1. The van der Waals surface area contributed by atoms with Crippen molar-refractivity contribution in [3.05, 3.63) is 176 Å². The fourth-order valence-electron chi connectivity index (χ4n) is 7.05. The van der Waals surface area contributed by atoms with Crippen molar-refractivity contribution in [2.24, 2.45) is 0 Å². The average molecular weight is 637 g/mol. The van der Waals surface area contributed by atoms with Crippen molar-refractivity contribution in [3.63, 3.8) is 0 Å². The van der Waals surface area contributed by atoms with Crippen molar-refractivity contribution in [1.82, 2.24) is 15.0 Å². The zero-order chi connectivity index (χ0) is 33.4. The molecule has 0 saturated heterocycles. The first kappa shape index (κ1) is 29.2. The van der Waals surface area contributed by atoms with E-state index in [-0.39, 0.29) is 0 Å². The molecule has 0 amide bonds. The van der Waals surface area contributed by atoms with E-state index in [0.717, 1.165) is 44.2 Å². The Bertz CT molecular complexity index is 2800. The molecule has 0 bridgehead atoms. The van der Waals surface area contributed by atoms with Gasteiger partial charge in [-0.05, 0) is 90.3 Å². The first-order valence-electron chi connectivity index (χ1n) is 16.6. The largest absolute Gasteiger partial charge is 0.264 e. The molecule has 0 aliphatic rings. The van der Waals surface area contributed by atoms with Crippen molar-refractivity contribution >= 4 is 53.9 Å². The predicted molar refractivity (Wildman–Crippen MR) is 206 cm³/mol. The van der Waals surface area contributed by atoms with Crippen LogP contribution < -0.4 is 0 Å². The van der Waals surface area contributed by atoms with Gasteiger partial charge in [-0.25, -0.2) is 9.97 Å². The Morgan fingerprint density at radius 2 is 0.820 bits per heavy atom. The number of nitrogens with zero attached hydrogens (tertiary/aromatic N) is 4. The molecule has 9 rings (SSSR count). The molecule has 7 aromatic carbocycles. The molecule has 2 aromatic heterocycles. The predicted octanol–water partition coefficient (Wildman–Crippen LogP) is 11.6. The summed E-state index contributed by atoms with van der Waals surface area (Å²) in [6.07, 6.45) is 3.59. The Kier molecular flexibility index (Phi) is 7.15. The van der Waals surface area contributed by atoms with Crippen LogP contribution in [0.15, 0.2) is 170 Å². The van der Waals surface area contributed by atoms with E-state index in [1.807, 2.05) is 48.7 Å². The lowest BCUT2D eigenvalue weighted by Crippen LogP contribution is -1.96. The molecule has 0 atom stereocenters. The molecule has 4 nitrogen and oxygen atoms in total. The number of aromatic nitrogens is 3. The molecule has 0 radical (unpaired) electrons. The lowest BCUT2D eigenvalue weighted by atomic mass is 9.94.